The highest BCUT2D eigenvalue weighted by molar-refractivity contribution is 4.86. The van der Waals surface area contributed by atoms with Gasteiger partial charge in [-0.3, -0.25) is 0 Å². The summed E-state index contributed by atoms with van der Waals surface area (Å²) in [5.74, 6) is 1.83. The third-order valence-electron chi connectivity index (χ3n) is 4.66. The standard InChI is InChI=1S/C16H32N2/c1-13-6-5-7-15(10-13)18-9-8-14(12-18)11-17-16(2,3)4/h13-15,17H,5-12H2,1-4H3. The summed E-state index contributed by atoms with van der Waals surface area (Å²) in [7, 11) is 0. The zero-order valence-corrected chi connectivity index (χ0v) is 12.8. The largest absolute Gasteiger partial charge is 0.312 e. The molecule has 1 aliphatic carbocycles. The average Bonchev–Trinajstić information content (AvgIpc) is 2.74. The van der Waals surface area contributed by atoms with Crippen LogP contribution in [0.5, 0.6) is 0 Å². The molecule has 2 rings (SSSR count). The third-order valence-corrected chi connectivity index (χ3v) is 4.66. The second-order valence-electron chi connectivity index (χ2n) is 7.71. The molecule has 3 atom stereocenters. The SMILES string of the molecule is CC1CCCC(N2CCC(CNC(C)(C)C)C2)C1. The number of rotatable bonds is 3. The lowest BCUT2D eigenvalue weighted by Crippen LogP contribution is -2.41. The molecule has 0 aromatic rings. The van der Waals surface area contributed by atoms with Gasteiger partial charge >= 0.3 is 0 Å². The lowest BCUT2D eigenvalue weighted by Gasteiger charge is -2.34. The van der Waals surface area contributed by atoms with E-state index < -0.39 is 0 Å². The maximum absolute atomic E-state index is 3.67. The van der Waals surface area contributed by atoms with Crippen LogP contribution in [0, 0.1) is 11.8 Å². The Morgan fingerprint density at radius 2 is 1.94 bits per heavy atom. The molecule has 0 aromatic heterocycles. The number of likely N-dealkylation sites (tertiary alicyclic amines) is 1. The second-order valence-corrected chi connectivity index (χ2v) is 7.71. The molecule has 18 heavy (non-hydrogen) atoms. The number of hydrogen-bond acceptors (Lipinski definition) is 2. The zero-order valence-electron chi connectivity index (χ0n) is 12.8. The van der Waals surface area contributed by atoms with E-state index in [1.54, 1.807) is 0 Å². The Balaban J connectivity index is 1.74. The fraction of sp³-hybridized carbons (Fsp3) is 1.00. The van der Waals surface area contributed by atoms with Crippen LogP contribution >= 0.6 is 0 Å². The van der Waals surface area contributed by atoms with E-state index >= 15 is 0 Å². The predicted molar refractivity (Wildman–Crippen MR) is 78.9 cm³/mol. The average molecular weight is 252 g/mol. The molecule has 2 aliphatic rings. The van der Waals surface area contributed by atoms with Gasteiger partial charge in [0.15, 0.2) is 0 Å². The van der Waals surface area contributed by atoms with Crippen molar-refractivity contribution in [2.45, 2.75) is 71.4 Å². The van der Waals surface area contributed by atoms with E-state index in [-0.39, 0.29) is 5.54 Å². The van der Waals surface area contributed by atoms with Crippen molar-refractivity contribution in [1.82, 2.24) is 10.2 Å². The summed E-state index contributed by atoms with van der Waals surface area (Å²) in [6.45, 7) is 13.1. The first kappa shape index (κ1) is 14.3. The van der Waals surface area contributed by atoms with Crippen molar-refractivity contribution in [2.75, 3.05) is 19.6 Å². The van der Waals surface area contributed by atoms with Crippen LogP contribution in [0.4, 0.5) is 0 Å². The molecule has 0 aromatic carbocycles. The Labute approximate surface area is 114 Å². The predicted octanol–water partition coefficient (Wildman–Crippen LogP) is 3.28. The molecule has 1 heterocycles. The van der Waals surface area contributed by atoms with Gasteiger partial charge in [-0.25, -0.2) is 0 Å². The molecule has 1 saturated heterocycles. The molecular weight excluding hydrogens is 220 g/mol. The molecule has 2 heteroatoms. The van der Waals surface area contributed by atoms with Gasteiger partial charge in [-0.15, -0.1) is 0 Å². The minimum atomic E-state index is 0.271. The van der Waals surface area contributed by atoms with Gasteiger partial charge in [0.2, 0.25) is 0 Å². The summed E-state index contributed by atoms with van der Waals surface area (Å²) in [6, 6.07) is 0.897. The van der Waals surface area contributed by atoms with Crippen molar-refractivity contribution in [3.63, 3.8) is 0 Å². The van der Waals surface area contributed by atoms with Crippen molar-refractivity contribution in [2.24, 2.45) is 11.8 Å². The van der Waals surface area contributed by atoms with Crippen LogP contribution in [-0.4, -0.2) is 36.1 Å². The van der Waals surface area contributed by atoms with Crippen LogP contribution in [0.3, 0.4) is 0 Å². The topological polar surface area (TPSA) is 15.3 Å². The van der Waals surface area contributed by atoms with Crippen molar-refractivity contribution < 1.29 is 0 Å². The van der Waals surface area contributed by atoms with Gasteiger partial charge in [-0.05, 0) is 65.0 Å². The van der Waals surface area contributed by atoms with Gasteiger partial charge in [0, 0.05) is 18.1 Å². The maximum atomic E-state index is 3.67. The fourth-order valence-corrected chi connectivity index (χ4v) is 3.55. The Morgan fingerprint density at radius 1 is 1.17 bits per heavy atom. The minimum absolute atomic E-state index is 0.271. The molecule has 0 amide bonds. The zero-order chi connectivity index (χ0) is 13.2. The number of nitrogens with one attached hydrogen (secondary N) is 1. The summed E-state index contributed by atoms with van der Waals surface area (Å²) >= 11 is 0. The van der Waals surface area contributed by atoms with Gasteiger partial charge in [0.1, 0.15) is 0 Å². The lowest BCUT2D eigenvalue weighted by molar-refractivity contribution is 0.157. The van der Waals surface area contributed by atoms with E-state index in [1.165, 1.54) is 51.7 Å². The smallest absolute Gasteiger partial charge is 0.00979 e. The van der Waals surface area contributed by atoms with Crippen molar-refractivity contribution in [3.8, 4) is 0 Å². The number of hydrogen-bond donors (Lipinski definition) is 1. The molecule has 3 unspecified atom stereocenters. The molecule has 0 spiro atoms. The Morgan fingerprint density at radius 3 is 2.61 bits per heavy atom. The molecule has 106 valence electrons. The second kappa shape index (κ2) is 5.92. The van der Waals surface area contributed by atoms with E-state index in [0.717, 1.165) is 17.9 Å². The van der Waals surface area contributed by atoms with Gasteiger partial charge in [0.25, 0.3) is 0 Å². The molecule has 1 aliphatic heterocycles. The molecule has 0 bridgehead atoms. The Bertz CT molecular complexity index is 256. The van der Waals surface area contributed by atoms with Crippen LogP contribution in [-0.2, 0) is 0 Å². The molecule has 1 saturated carbocycles. The summed E-state index contributed by atoms with van der Waals surface area (Å²) in [6.07, 6.45) is 7.20. The fourth-order valence-electron chi connectivity index (χ4n) is 3.55. The normalized spacial score (nSPS) is 35.0. The summed E-state index contributed by atoms with van der Waals surface area (Å²) in [4.78, 5) is 2.78. The molecular formula is C16H32N2. The summed E-state index contributed by atoms with van der Waals surface area (Å²) in [5.41, 5.74) is 0.271. The van der Waals surface area contributed by atoms with Gasteiger partial charge in [-0.2, -0.15) is 0 Å². The van der Waals surface area contributed by atoms with E-state index in [2.05, 4.69) is 37.9 Å². The quantitative estimate of drug-likeness (QED) is 0.829. The first-order valence-corrected chi connectivity index (χ1v) is 7.93. The molecule has 0 radical (unpaired) electrons. The van der Waals surface area contributed by atoms with Crippen LogP contribution in [0.15, 0.2) is 0 Å². The summed E-state index contributed by atoms with van der Waals surface area (Å²) < 4.78 is 0. The van der Waals surface area contributed by atoms with Gasteiger partial charge < -0.3 is 10.2 Å². The van der Waals surface area contributed by atoms with Crippen LogP contribution in [0.2, 0.25) is 0 Å². The highest BCUT2D eigenvalue weighted by atomic mass is 15.2. The maximum Gasteiger partial charge on any atom is 0.00979 e. The van der Waals surface area contributed by atoms with Gasteiger partial charge in [0.05, 0.1) is 0 Å². The molecule has 1 N–H and O–H groups in total. The monoisotopic (exact) mass is 252 g/mol. The first-order chi connectivity index (χ1) is 8.44. The van der Waals surface area contributed by atoms with E-state index in [4.69, 9.17) is 0 Å². The van der Waals surface area contributed by atoms with Crippen molar-refractivity contribution in [1.29, 1.82) is 0 Å². The highest BCUT2D eigenvalue weighted by Crippen LogP contribution is 2.30. The van der Waals surface area contributed by atoms with Crippen LogP contribution in [0.25, 0.3) is 0 Å². The van der Waals surface area contributed by atoms with Crippen molar-refractivity contribution in [3.05, 3.63) is 0 Å². The number of nitrogens with zero attached hydrogens (tertiary/aromatic N) is 1. The summed E-state index contributed by atoms with van der Waals surface area (Å²) in [5, 5.41) is 3.67. The highest BCUT2D eigenvalue weighted by Gasteiger charge is 2.30. The van der Waals surface area contributed by atoms with Gasteiger partial charge in [-0.1, -0.05) is 19.8 Å². The lowest BCUT2D eigenvalue weighted by atomic mass is 9.86. The minimum Gasteiger partial charge on any atom is -0.312 e. The van der Waals surface area contributed by atoms with E-state index in [0.29, 0.717) is 0 Å². The van der Waals surface area contributed by atoms with Crippen LogP contribution in [0.1, 0.15) is 59.8 Å². The molecule has 2 nitrogen and oxygen atoms in total. The Hall–Kier alpha value is -0.0800. The Kier molecular flexibility index (Phi) is 4.71. The van der Waals surface area contributed by atoms with Crippen LogP contribution < -0.4 is 5.32 Å². The van der Waals surface area contributed by atoms with E-state index in [1.807, 2.05) is 0 Å². The van der Waals surface area contributed by atoms with Crippen molar-refractivity contribution >= 4 is 0 Å². The molecule has 2 fully saturated rings. The first-order valence-electron chi connectivity index (χ1n) is 7.93. The van der Waals surface area contributed by atoms with E-state index in [9.17, 15) is 0 Å². The third kappa shape index (κ3) is 4.24.